The highest BCUT2D eigenvalue weighted by atomic mass is 16.5. The van der Waals surface area contributed by atoms with E-state index in [2.05, 4.69) is 18.7 Å². The van der Waals surface area contributed by atoms with E-state index in [4.69, 9.17) is 10.5 Å². The summed E-state index contributed by atoms with van der Waals surface area (Å²) in [6.45, 7) is 7.38. The maximum Gasteiger partial charge on any atom is 0.123 e. The SMILES string of the molecule is CCCN(CC)CC(N)c1ccccc1OC. The first-order chi connectivity index (χ1) is 8.22. The minimum absolute atomic E-state index is 0.0117. The third-order valence-corrected chi connectivity index (χ3v) is 2.98. The molecule has 0 saturated heterocycles. The van der Waals surface area contributed by atoms with Crippen molar-refractivity contribution >= 4 is 0 Å². The maximum atomic E-state index is 6.26. The molecule has 1 atom stereocenters. The number of nitrogens with zero attached hydrogens (tertiary/aromatic N) is 1. The van der Waals surface area contributed by atoms with Gasteiger partial charge in [0.25, 0.3) is 0 Å². The van der Waals surface area contributed by atoms with E-state index in [1.807, 2.05) is 24.3 Å². The number of hydrogen-bond donors (Lipinski definition) is 1. The molecule has 3 heteroatoms. The van der Waals surface area contributed by atoms with Crippen molar-refractivity contribution in [3.63, 3.8) is 0 Å². The fraction of sp³-hybridized carbons (Fsp3) is 0.571. The van der Waals surface area contributed by atoms with Gasteiger partial charge in [-0.05, 0) is 25.6 Å². The zero-order valence-corrected chi connectivity index (χ0v) is 11.1. The smallest absolute Gasteiger partial charge is 0.123 e. The van der Waals surface area contributed by atoms with E-state index >= 15 is 0 Å². The molecule has 17 heavy (non-hydrogen) atoms. The summed E-state index contributed by atoms with van der Waals surface area (Å²) in [5, 5.41) is 0. The predicted octanol–water partition coefficient (Wildman–Crippen LogP) is 2.43. The van der Waals surface area contributed by atoms with Crippen LogP contribution in [0.5, 0.6) is 5.75 Å². The maximum absolute atomic E-state index is 6.26. The molecule has 0 aliphatic heterocycles. The molecule has 96 valence electrons. The molecule has 0 amide bonds. The van der Waals surface area contributed by atoms with Crippen LogP contribution in [0.4, 0.5) is 0 Å². The van der Waals surface area contributed by atoms with Crippen LogP contribution in [0.1, 0.15) is 31.9 Å². The molecule has 0 bridgehead atoms. The van der Waals surface area contributed by atoms with E-state index in [1.165, 1.54) is 0 Å². The van der Waals surface area contributed by atoms with E-state index in [-0.39, 0.29) is 6.04 Å². The molecule has 0 saturated carbocycles. The first-order valence-electron chi connectivity index (χ1n) is 6.33. The summed E-state index contributed by atoms with van der Waals surface area (Å²) in [6.07, 6.45) is 1.16. The normalized spacial score (nSPS) is 12.8. The van der Waals surface area contributed by atoms with Crippen LogP contribution in [0.25, 0.3) is 0 Å². The molecule has 2 N–H and O–H groups in total. The van der Waals surface area contributed by atoms with Crippen molar-refractivity contribution in [2.45, 2.75) is 26.3 Å². The van der Waals surface area contributed by atoms with Gasteiger partial charge < -0.3 is 15.4 Å². The first kappa shape index (κ1) is 14.0. The molecule has 1 aromatic rings. The Morgan fingerprint density at radius 3 is 2.59 bits per heavy atom. The Bertz CT molecular complexity index is 328. The second-order valence-corrected chi connectivity index (χ2v) is 4.24. The summed E-state index contributed by atoms with van der Waals surface area (Å²) < 4.78 is 5.34. The molecule has 0 radical (unpaired) electrons. The Kier molecular flexibility index (Phi) is 6.01. The Labute approximate surface area is 105 Å². The zero-order valence-electron chi connectivity index (χ0n) is 11.1. The summed E-state index contributed by atoms with van der Waals surface area (Å²) in [7, 11) is 1.69. The lowest BCUT2D eigenvalue weighted by Crippen LogP contribution is -2.32. The van der Waals surface area contributed by atoms with Crippen LogP contribution in [0.2, 0.25) is 0 Å². The molecule has 0 spiro atoms. The molecule has 0 heterocycles. The van der Waals surface area contributed by atoms with Crippen LogP contribution in [0.15, 0.2) is 24.3 Å². The summed E-state index contributed by atoms with van der Waals surface area (Å²) in [5.74, 6) is 0.882. The molecule has 0 aromatic heterocycles. The van der Waals surface area contributed by atoms with E-state index in [1.54, 1.807) is 7.11 Å². The van der Waals surface area contributed by atoms with Gasteiger partial charge in [0.05, 0.1) is 7.11 Å². The Morgan fingerprint density at radius 1 is 1.29 bits per heavy atom. The summed E-state index contributed by atoms with van der Waals surface area (Å²) in [6, 6.07) is 8.00. The number of ether oxygens (including phenoxy) is 1. The predicted molar refractivity (Wildman–Crippen MR) is 72.3 cm³/mol. The van der Waals surface area contributed by atoms with E-state index < -0.39 is 0 Å². The fourth-order valence-electron chi connectivity index (χ4n) is 2.04. The van der Waals surface area contributed by atoms with Crippen molar-refractivity contribution in [3.05, 3.63) is 29.8 Å². The van der Waals surface area contributed by atoms with Crippen molar-refractivity contribution in [2.75, 3.05) is 26.7 Å². The van der Waals surface area contributed by atoms with Crippen LogP contribution in [-0.2, 0) is 0 Å². The zero-order chi connectivity index (χ0) is 12.7. The van der Waals surface area contributed by atoms with Crippen molar-refractivity contribution in [3.8, 4) is 5.75 Å². The molecule has 0 aliphatic rings. The molecule has 3 nitrogen and oxygen atoms in total. The lowest BCUT2D eigenvalue weighted by molar-refractivity contribution is 0.268. The van der Waals surface area contributed by atoms with Crippen molar-refractivity contribution in [1.29, 1.82) is 0 Å². The third-order valence-electron chi connectivity index (χ3n) is 2.98. The average molecular weight is 236 g/mol. The van der Waals surface area contributed by atoms with Crippen LogP contribution >= 0.6 is 0 Å². The van der Waals surface area contributed by atoms with Crippen LogP contribution in [0, 0.1) is 0 Å². The van der Waals surface area contributed by atoms with Gasteiger partial charge >= 0.3 is 0 Å². The van der Waals surface area contributed by atoms with E-state index in [0.717, 1.165) is 37.4 Å². The lowest BCUT2D eigenvalue weighted by atomic mass is 10.1. The second kappa shape index (κ2) is 7.30. The lowest BCUT2D eigenvalue weighted by Gasteiger charge is -2.24. The van der Waals surface area contributed by atoms with Crippen molar-refractivity contribution < 1.29 is 4.74 Å². The van der Waals surface area contributed by atoms with Crippen LogP contribution < -0.4 is 10.5 Å². The van der Waals surface area contributed by atoms with Gasteiger partial charge in [-0.3, -0.25) is 0 Å². The summed E-state index contributed by atoms with van der Waals surface area (Å²) >= 11 is 0. The molecule has 1 rings (SSSR count). The van der Waals surface area contributed by atoms with Gasteiger partial charge in [0.15, 0.2) is 0 Å². The number of likely N-dealkylation sites (N-methyl/N-ethyl adjacent to an activating group) is 1. The minimum Gasteiger partial charge on any atom is -0.496 e. The summed E-state index contributed by atoms with van der Waals surface area (Å²) in [4.78, 5) is 2.37. The van der Waals surface area contributed by atoms with Crippen molar-refractivity contribution in [2.24, 2.45) is 5.73 Å². The topological polar surface area (TPSA) is 38.5 Å². The molecular weight excluding hydrogens is 212 g/mol. The van der Waals surface area contributed by atoms with Gasteiger partial charge in [-0.2, -0.15) is 0 Å². The second-order valence-electron chi connectivity index (χ2n) is 4.24. The van der Waals surface area contributed by atoms with Gasteiger partial charge in [-0.1, -0.05) is 32.0 Å². The van der Waals surface area contributed by atoms with Gasteiger partial charge in [0.1, 0.15) is 5.75 Å². The highest BCUT2D eigenvalue weighted by Crippen LogP contribution is 2.23. The molecule has 1 aromatic carbocycles. The molecule has 0 fully saturated rings. The van der Waals surface area contributed by atoms with Crippen LogP contribution in [-0.4, -0.2) is 31.6 Å². The van der Waals surface area contributed by atoms with Gasteiger partial charge in [0, 0.05) is 18.2 Å². The standard InChI is InChI=1S/C14H24N2O/c1-4-10-16(5-2)11-13(15)12-8-6-7-9-14(12)17-3/h6-9,13H,4-5,10-11,15H2,1-3H3. The fourth-order valence-corrected chi connectivity index (χ4v) is 2.04. The van der Waals surface area contributed by atoms with Gasteiger partial charge in [0.2, 0.25) is 0 Å². The third kappa shape index (κ3) is 4.02. The van der Waals surface area contributed by atoms with Gasteiger partial charge in [-0.25, -0.2) is 0 Å². The molecule has 1 unspecified atom stereocenters. The van der Waals surface area contributed by atoms with E-state index in [0.29, 0.717) is 0 Å². The van der Waals surface area contributed by atoms with Gasteiger partial charge in [-0.15, -0.1) is 0 Å². The number of rotatable bonds is 7. The molecule has 0 aliphatic carbocycles. The number of para-hydroxylation sites is 1. The Balaban J connectivity index is 2.71. The number of nitrogens with two attached hydrogens (primary N) is 1. The molecular formula is C14H24N2O. The quantitative estimate of drug-likeness (QED) is 0.790. The van der Waals surface area contributed by atoms with E-state index in [9.17, 15) is 0 Å². The van der Waals surface area contributed by atoms with Crippen molar-refractivity contribution in [1.82, 2.24) is 4.90 Å². The Hall–Kier alpha value is -1.06. The Morgan fingerprint density at radius 2 is 2.00 bits per heavy atom. The summed E-state index contributed by atoms with van der Waals surface area (Å²) in [5.41, 5.74) is 7.34. The number of hydrogen-bond acceptors (Lipinski definition) is 3. The highest BCUT2D eigenvalue weighted by molar-refractivity contribution is 5.35. The van der Waals surface area contributed by atoms with Crippen LogP contribution in [0.3, 0.4) is 0 Å². The number of benzene rings is 1. The minimum atomic E-state index is 0.0117. The monoisotopic (exact) mass is 236 g/mol. The average Bonchev–Trinajstić information content (AvgIpc) is 2.38. The largest absolute Gasteiger partial charge is 0.496 e. The first-order valence-corrected chi connectivity index (χ1v) is 6.33. The number of methoxy groups -OCH3 is 1. The highest BCUT2D eigenvalue weighted by Gasteiger charge is 2.14.